The molecule has 1 saturated heterocycles. The van der Waals surface area contributed by atoms with E-state index >= 15 is 0 Å². The van der Waals surface area contributed by atoms with Gasteiger partial charge in [-0.15, -0.1) is 0 Å². The summed E-state index contributed by atoms with van der Waals surface area (Å²) in [6.07, 6.45) is 0.641. The zero-order valence-corrected chi connectivity index (χ0v) is 22.0. The van der Waals surface area contributed by atoms with E-state index in [-0.39, 0.29) is 12.1 Å². The summed E-state index contributed by atoms with van der Waals surface area (Å²) in [6.45, 7) is 8.40. The van der Waals surface area contributed by atoms with Crippen molar-refractivity contribution >= 4 is 17.4 Å². The molecule has 2 aliphatic rings. The number of carbonyl (C=O) groups is 1. The third-order valence-corrected chi connectivity index (χ3v) is 6.94. The first-order chi connectivity index (χ1) is 17.4. The molecule has 9 nitrogen and oxygen atoms in total. The Labute approximate surface area is 214 Å². The summed E-state index contributed by atoms with van der Waals surface area (Å²) >= 11 is 0. The van der Waals surface area contributed by atoms with Crippen molar-refractivity contribution in [1.82, 2.24) is 20.1 Å². The minimum atomic E-state index is -0.242. The van der Waals surface area contributed by atoms with Gasteiger partial charge in [-0.05, 0) is 50.2 Å². The second kappa shape index (κ2) is 11.6. The molecule has 1 fully saturated rings. The predicted molar refractivity (Wildman–Crippen MR) is 144 cm³/mol. The van der Waals surface area contributed by atoms with Crippen molar-refractivity contribution in [1.29, 1.82) is 0 Å². The molecule has 0 saturated carbocycles. The SMILES string of the molecule is CNC(=O)N1N=C(c2ccc(NCCN3CCN(C)CC3)cc2)c2cc(OC)c(OC)cc2C[C@@H]1C. The first-order valence-corrected chi connectivity index (χ1v) is 12.5. The molecule has 0 aromatic heterocycles. The summed E-state index contributed by atoms with van der Waals surface area (Å²) < 4.78 is 11.1. The van der Waals surface area contributed by atoms with Crippen molar-refractivity contribution < 1.29 is 14.3 Å². The number of anilines is 1. The molecule has 0 aliphatic carbocycles. The first kappa shape index (κ1) is 25.8. The number of hydrogen-bond acceptors (Lipinski definition) is 7. The fourth-order valence-electron chi connectivity index (χ4n) is 4.72. The highest BCUT2D eigenvalue weighted by molar-refractivity contribution is 6.14. The number of piperazine rings is 1. The van der Waals surface area contributed by atoms with Crippen LogP contribution in [0.5, 0.6) is 11.5 Å². The van der Waals surface area contributed by atoms with Crippen molar-refractivity contribution in [3.8, 4) is 11.5 Å². The highest BCUT2D eigenvalue weighted by Crippen LogP contribution is 2.34. The van der Waals surface area contributed by atoms with Crippen molar-refractivity contribution in [2.45, 2.75) is 19.4 Å². The van der Waals surface area contributed by atoms with Gasteiger partial charge in [-0.3, -0.25) is 4.90 Å². The summed E-state index contributed by atoms with van der Waals surface area (Å²) in [5, 5.41) is 12.6. The van der Waals surface area contributed by atoms with Gasteiger partial charge in [0.2, 0.25) is 0 Å². The van der Waals surface area contributed by atoms with Gasteiger partial charge in [0.05, 0.1) is 26.0 Å². The van der Waals surface area contributed by atoms with Gasteiger partial charge in [-0.25, -0.2) is 9.80 Å². The number of rotatable bonds is 7. The largest absolute Gasteiger partial charge is 0.493 e. The maximum Gasteiger partial charge on any atom is 0.337 e. The monoisotopic (exact) mass is 494 g/mol. The zero-order valence-electron chi connectivity index (χ0n) is 22.0. The Hall–Kier alpha value is -3.30. The van der Waals surface area contributed by atoms with E-state index in [0.717, 1.165) is 67.4 Å². The van der Waals surface area contributed by atoms with E-state index in [1.54, 1.807) is 21.3 Å². The van der Waals surface area contributed by atoms with E-state index in [2.05, 4.69) is 51.7 Å². The zero-order chi connectivity index (χ0) is 25.7. The molecule has 0 unspecified atom stereocenters. The number of carbonyl (C=O) groups excluding carboxylic acids is 1. The lowest BCUT2D eigenvalue weighted by Gasteiger charge is -2.32. The molecule has 1 atom stereocenters. The van der Waals surface area contributed by atoms with Crippen molar-refractivity contribution in [2.24, 2.45) is 5.10 Å². The number of hydrogen-bond donors (Lipinski definition) is 2. The number of benzene rings is 2. The number of methoxy groups -OCH3 is 2. The molecule has 194 valence electrons. The summed E-state index contributed by atoms with van der Waals surface area (Å²) in [4.78, 5) is 17.5. The number of fused-ring (bicyclic) bond motifs is 1. The highest BCUT2D eigenvalue weighted by Gasteiger charge is 2.28. The maximum atomic E-state index is 12.7. The lowest BCUT2D eigenvalue weighted by Crippen LogP contribution is -2.45. The topological polar surface area (TPSA) is 81.7 Å². The number of likely N-dealkylation sites (N-methyl/N-ethyl adjacent to an activating group) is 1. The molecule has 2 aromatic carbocycles. The number of urea groups is 1. The van der Waals surface area contributed by atoms with Crippen molar-refractivity contribution in [3.05, 3.63) is 53.1 Å². The summed E-state index contributed by atoms with van der Waals surface area (Å²) in [7, 11) is 7.05. The molecule has 0 radical (unpaired) electrons. The molecule has 0 spiro atoms. The Bertz CT molecular complexity index is 1080. The minimum absolute atomic E-state index is 0.130. The normalized spacial score (nSPS) is 18.6. The van der Waals surface area contributed by atoms with E-state index in [1.807, 2.05) is 19.1 Å². The number of amides is 2. The lowest BCUT2D eigenvalue weighted by atomic mass is 9.94. The maximum absolute atomic E-state index is 12.7. The molecule has 2 N–H and O–H groups in total. The van der Waals surface area contributed by atoms with Crippen LogP contribution in [0.2, 0.25) is 0 Å². The molecule has 2 amide bonds. The third kappa shape index (κ3) is 5.74. The van der Waals surface area contributed by atoms with E-state index < -0.39 is 0 Å². The van der Waals surface area contributed by atoms with Gasteiger partial charge < -0.3 is 25.0 Å². The average molecular weight is 495 g/mol. The summed E-state index contributed by atoms with van der Waals surface area (Å²) in [5.41, 5.74) is 4.70. The molecule has 4 rings (SSSR count). The van der Waals surface area contributed by atoms with Crippen LogP contribution >= 0.6 is 0 Å². The minimum Gasteiger partial charge on any atom is -0.493 e. The van der Waals surface area contributed by atoms with Gasteiger partial charge >= 0.3 is 6.03 Å². The summed E-state index contributed by atoms with van der Waals surface area (Å²) in [6, 6.07) is 11.8. The van der Waals surface area contributed by atoms with E-state index in [0.29, 0.717) is 17.9 Å². The van der Waals surface area contributed by atoms with Crippen LogP contribution in [0.15, 0.2) is 41.5 Å². The fourth-order valence-corrected chi connectivity index (χ4v) is 4.72. The Balaban J connectivity index is 1.58. The Morgan fingerprint density at radius 2 is 1.72 bits per heavy atom. The Morgan fingerprint density at radius 3 is 2.36 bits per heavy atom. The van der Waals surface area contributed by atoms with Crippen LogP contribution in [0.4, 0.5) is 10.5 Å². The molecule has 9 heteroatoms. The van der Waals surface area contributed by atoms with Crippen LogP contribution in [0.1, 0.15) is 23.6 Å². The number of nitrogens with one attached hydrogen (secondary N) is 2. The quantitative estimate of drug-likeness (QED) is 0.616. The smallest absolute Gasteiger partial charge is 0.337 e. The van der Waals surface area contributed by atoms with Gasteiger partial charge in [-0.1, -0.05) is 12.1 Å². The number of nitrogens with zero attached hydrogens (tertiary/aromatic N) is 4. The molecule has 2 aliphatic heterocycles. The average Bonchev–Trinajstić information content (AvgIpc) is 3.04. The van der Waals surface area contributed by atoms with E-state index in [9.17, 15) is 4.79 Å². The van der Waals surface area contributed by atoms with Crippen molar-refractivity contribution in [3.63, 3.8) is 0 Å². The summed E-state index contributed by atoms with van der Waals surface area (Å²) in [5.74, 6) is 1.29. The van der Waals surface area contributed by atoms with Crippen LogP contribution in [-0.4, -0.2) is 100 Å². The molecular formula is C27H38N6O3. The van der Waals surface area contributed by atoms with Gasteiger partial charge in [0.25, 0.3) is 0 Å². The lowest BCUT2D eigenvalue weighted by molar-refractivity contribution is 0.158. The number of hydrazone groups is 1. The second-order valence-electron chi connectivity index (χ2n) is 9.41. The standard InChI is InChI=1S/C27H38N6O3/c1-19-16-21-17-24(35-4)25(36-5)18-23(21)26(30-33(19)27(34)28-2)20-6-8-22(9-7-20)29-10-11-32-14-12-31(3)13-15-32/h6-9,17-19,29H,10-16H2,1-5H3,(H,28,34)/t19-/m0/s1. The van der Waals surface area contributed by atoms with Gasteiger partial charge in [0.1, 0.15) is 0 Å². The highest BCUT2D eigenvalue weighted by atomic mass is 16.5. The van der Waals surface area contributed by atoms with Crippen molar-refractivity contribution in [2.75, 3.05) is 72.9 Å². The van der Waals surface area contributed by atoms with Gasteiger partial charge in [-0.2, -0.15) is 5.10 Å². The first-order valence-electron chi connectivity index (χ1n) is 12.5. The van der Waals surface area contributed by atoms with Crippen LogP contribution in [0.3, 0.4) is 0 Å². The van der Waals surface area contributed by atoms with Crippen LogP contribution in [-0.2, 0) is 6.42 Å². The van der Waals surface area contributed by atoms with Crippen LogP contribution < -0.4 is 20.1 Å². The number of ether oxygens (including phenoxy) is 2. The second-order valence-corrected chi connectivity index (χ2v) is 9.41. The Kier molecular flexibility index (Phi) is 8.32. The van der Waals surface area contributed by atoms with E-state index in [1.165, 1.54) is 5.01 Å². The molecular weight excluding hydrogens is 456 g/mol. The van der Waals surface area contributed by atoms with Crippen LogP contribution in [0, 0.1) is 0 Å². The molecule has 2 aromatic rings. The predicted octanol–water partition coefficient (Wildman–Crippen LogP) is 2.70. The van der Waals surface area contributed by atoms with E-state index in [4.69, 9.17) is 14.6 Å². The molecule has 36 heavy (non-hydrogen) atoms. The van der Waals surface area contributed by atoms with Gasteiger partial charge in [0.15, 0.2) is 11.5 Å². The van der Waals surface area contributed by atoms with Gasteiger partial charge in [0, 0.05) is 63.1 Å². The third-order valence-electron chi connectivity index (χ3n) is 6.94. The Morgan fingerprint density at radius 1 is 1.06 bits per heavy atom. The molecule has 2 heterocycles. The molecule has 0 bridgehead atoms. The fraction of sp³-hybridized carbons (Fsp3) is 0.481. The van der Waals surface area contributed by atoms with Crippen LogP contribution in [0.25, 0.3) is 0 Å².